The molecule has 0 bridgehead atoms. The van der Waals surface area contributed by atoms with Gasteiger partial charge in [0.1, 0.15) is 0 Å². The summed E-state index contributed by atoms with van der Waals surface area (Å²) in [5.74, 6) is 0.120. The topological polar surface area (TPSA) is 60.9 Å². The van der Waals surface area contributed by atoms with Gasteiger partial charge in [0, 0.05) is 40.3 Å². The van der Waals surface area contributed by atoms with E-state index in [-0.39, 0.29) is 11.8 Å². The van der Waals surface area contributed by atoms with Crippen LogP contribution in [0.5, 0.6) is 0 Å². The lowest BCUT2D eigenvalue weighted by Gasteiger charge is -2.35. The van der Waals surface area contributed by atoms with E-state index in [9.17, 15) is 13.2 Å². The fourth-order valence-corrected chi connectivity index (χ4v) is 2.71. The minimum absolute atomic E-state index is 0.0615. The van der Waals surface area contributed by atoms with Crippen LogP contribution in [0.1, 0.15) is 6.92 Å². The third-order valence-electron chi connectivity index (χ3n) is 2.65. The van der Waals surface area contributed by atoms with Crippen LogP contribution >= 0.6 is 0 Å². The standard InChI is InChI=1S/C9H19N3O3S/c1-4-16(14,15)12-7-5-11(6-8-12)9(13)10(2)3/h4-8H2,1-3H3. The van der Waals surface area contributed by atoms with Crippen LogP contribution in [0.15, 0.2) is 0 Å². The summed E-state index contributed by atoms with van der Waals surface area (Å²) in [4.78, 5) is 14.8. The maximum absolute atomic E-state index is 11.6. The number of hydrogen-bond acceptors (Lipinski definition) is 3. The summed E-state index contributed by atoms with van der Waals surface area (Å²) < 4.78 is 24.6. The van der Waals surface area contributed by atoms with Gasteiger partial charge in [-0.15, -0.1) is 0 Å². The van der Waals surface area contributed by atoms with Gasteiger partial charge in [0.25, 0.3) is 0 Å². The molecule has 1 heterocycles. The first kappa shape index (κ1) is 13.2. The van der Waals surface area contributed by atoms with Crippen molar-refractivity contribution in [2.45, 2.75) is 6.92 Å². The molecule has 0 unspecified atom stereocenters. The summed E-state index contributed by atoms with van der Waals surface area (Å²) in [6.07, 6.45) is 0. The number of carbonyl (C=O) groups is 1. The molecule has 0 radical (unpaired) electrons. The lowest BCUT2D eigenvalue weighted by molar-refractivity contribution is 0.149. The number of piperazine rings is 1. The number of hydrogen-bond donors (Lipinski definition) is 0. The van der Waals surface area contributed by atoms with Gasteiger partial charge in [0.05, 0.1) is 5.75 Å². The Bertz CT molecular complexity index is 345. The van der Waals surface area contributed by atoms with Crippen LogP contribution < -0.4 is 0 Å². The van der Waals surface area contributed by atoms with Crippen LogP contribution in [0.2, 0.25) is 0 Å². The first-order valence-electron chi connectivity index (χ1n) is 5.32. The quantitative estimate of drug-likeness (QED) is 0.671. The van der Waals surface area contributed by atoms with E-state index in [1.165, 1.54) is 9.21 Å². The van der Waals surface area contributed by atoms with Crippen molar-refractivity contribution in [2.75, 3.05) is 46.0 Å². The monoisotopic (exact) mass is 249 g/mol. The van der Waals surface area contributed by atoms with Crippen LogP contribution in [-0.4, -0.2) is 74.6 Å². The predicted molar refractivity (Wildman–Crippen MR) is 61.7 cm³/mol. The predicted octanol–water partition coefficient (Wildman–Crippen LogP) is -0.365. The molecule has 0 N–H and O–H groups in total. The number of nitrogens with zero attached hydrogens (tertiary/aromatic N) is 3. The zero-order valence-corrected chi connectivity index (χ0v) is 10.8. The van der Waals surface area contributed by atoms with E-state index in [4.69, 9.17) is 0 Å². The molecular weight excluding hydrogens is 230 g/mol. The maximum atomic E-state index is 11.6. The fourth-order valence-electron chi connectivity index (χ4n) is 1.62. The minimum atomic E-state index is -3.11. The molecule has 0 aromatic carbocycles. The number of rotatable bonds is 2. The number of sulfonamides is 1. The van der Waals surface area contributed by atoms with Gasteiger partial charge in [0.2, 0.25) is 10.0 Å². The van der Waals surface area contributed by atoms with Crippen LogP contribution in [0.4, 0.5) is 4.79 Å². The molecule has 0 atom stereocenters. The normalized spacial score (nSPS) is 18.6. The minimum Gasteiger partial charge on any atom is -0.331 e. The Morgan fingerprint density at radius 3 is 2.06 bits per heavy atom. The van der Waals surface area contributed by atoms with E-state index in [1.54, 1.807) is 25.9 Å². The summed E-state index contributed by atoms with van der Waals surface area (Å²) in [5, 5.41) is 0. The third-order valence-corrected chi connectivity index (χ3v) is 4.53. The van der Waals surface area contributed by atoms with Crippen molar-refractivity contribution in [2.24, 2.45) is 0 Å². The van der Waals surface area contributed by atoms with Crippen molar-refractivity contribution in [3.8, 4) is 0 Å². The Hall–Kier alpha value is -0.820. The van der Waals surface area contributed by atoms with Gasteiger partial charge in [-0.25, -0.2) is 13.2 Å². The van der Waals surface area contributed by atoms with Gasteiger partial charge < -0.3 is 9.80 Å². The Kier molecular flexibility index (Phi) is 4.15. The Balaban J connectivity index is 2.55. The molecule has 0 spiro atoms. The highest BCUT2D eigenvalue weighted by atomic mass is 32.2. The first-order chi connectivity index (χ1) is 7.38. The summed E-state index contributed by atoms with van der Waals surface area (Å²) in [5.41, 5.74) is 0. The number of amides is 2. The van der Waals surface area contributed by atoms with Crippen LogP contribution in [0.3, 0.4) is 0 Å². The van der Waals surface area contributed by atoms with Crippen LogP contribution in [0, 0.1) is 0 Å². The van der Waals surface area contributed by atoms with Gasteiger partial charge >= 0.3 is 6.03 Å². The molecule has 0 aromatic heterocycles. The molecule has 1 rings (SSSR count). The Morgan fingerprint density at radius 1 is 1.19 bits per heavy atom. The van der Waals surface area contributed by atoms with Gasteiger partial charge in [-0.05, 0) is 6.92 Å². The molecule has 2 amide bonds. The average molecular weight is 249 g/mol. The SMILES string of the molecule is CCS(=O)(=O)N1CCN(C(=O)N(C)C)CC1. The molecular formula is C9H19N3O3S. The zero-order valence-electron chi connectivity index (χ0n) is 10.0. The summed E-state index contributed by atoms with van der Waals surface area (Å²) in [6.45, 7) is 3.37. The van der Waals surface area contributed by atoms with E-state index in [1.807, 2.05) is 0 Å². The molecule has 1 fully saturated rings. The average Bonchev–Trinajstić information content (AvgIpc) is 2.28. The second-order valence-corrected chi connectivity index (χ2v) is 6.22. The molecule has 94 valence electrons. The largest absolute Gasteiger partial charge is 0.331 e. The molecule has 0 aromatic rings. The maximum Gasteiger partial charge on any atom is 0.319 e. The second kappa shape index (κ2) is 5.01. The Morgan fingerprint density at radius 2 is 1.69 bits per heavy atom. The molecule has 6 nitrogen and oxygen atoms in total. The summed E-state index contributed by atoms with van der Waals surface area (Å²) >= 11 is 0. The third kappa shape index (κ3) is 2.85. The van der Waals surface area contributed by atoms with E-state index in [2.05, 4.69) is 0 Å². The number of carbonyl (C=O) groups excluding carboxylic acids is 1. The van der Waals surface area contributed by atoms with Crippen LogP contribution in [-0.2, 0) is 10.0 Å². The van der Waals surface area contributed by atoms with Crippen molar-refractivity contribution in [3.63, 3.8) is 0 Å². The molecule has 7 heteroatoms. The van der Waals surface area contributed by atoms with E-state index in [0.717, 1.165) is 0 Å². The van der Waals surface area contributed by atoms with E-state index < -0.39 is 10.0 Å². The van der Waals surface area contributed by atoms with E-state index in [0.29, 0.717) is 26.2 Å². The lowest BCUT2D eigenvalue weighted by atomic mass is 10.4. The van der Waals surface area contributed by atoms with Crippen molar-refractivity contribution >= 4 is 16.1 Å². The van der Waals surface area contributed by atoms with Crippen LogP contribution in [0.25, 0.3) is 0 Å². The lowest BCUT2D eigenvalue weighted by Crippen LogP contribution is -2.53. The van der Waals surface area contributed by atoms with Crippen molar-refractivity contribution in [1.29, 1.82) is 0 Å². The van der Waals surface area contributed by atoms with Gasteiger partial charge in [-0.1, -0.05) is 0 Å². The zero-order chi connectivity index (χ0) is 12.3. The molecule has 0 aliphatic carbocycles. The van der Waals surface area contributed by atoms with Crippen molar-refractivity contribution in [3.05, 3.63) is 0 Å². The smallest absolute Gasteiger partial charge is 0.319 e. The fraction of sp³-hybridized carbons (Fsp3) is 0.889. The highest BCUT2D eigenvalue weighted by molar-refractivity contribution is 7.89. The number of urea groups is 1. The van der Waals surface area contributed by atoms with Crippen molar-refractivity contribution < 1.29 is 13.2 Å². The molecule has 0 saturated carbocycles. The van der Waals surface area contributed by atoms with Crippen molar-refractivity contribution in [1.82, 2.24) is 14.1 Å². The second-order valence-electron chi connectivity index (χ2n) is 3.96. The first-order valence-corrected chi connectivity index (χ1v) is 6.93. The van der Waals surface area contributed by atoms with Gasteiger partial charge in [-0.2, -0.15) is 4.31 Å². The van der Waals surface area contributed by atoms with Gasteiger partial charge in [0.15, 0.2) is 0 Å². The van der Waals surface area contributed by atoms with E-state index >= 15 is 0 Å². The van der Waals surface area contributed by atoms with Gasteiger partial charge in [-0.3, -0.25) is 0 Å². The molecule has 1 aliphatic rings. The summed E-state index contributed by atoms with van der Waals surface area (Å²) in [6, 6.07) is -0.0615. The molecule has 16 heavy (non-hydrogen) atoms. The Labute approximate surface area is 96.9 Å². The highest BCUT2D eigenvalue weighted by Crippen LogP contribution is 2.08. The molecule has 1 aliphatic heterocycles. The highest BCUT2D eigenvalue weighted by Gasteiger charge is 2.27. The molecule has 1 saturated heterocycles. The summed E-state index contributed by atoms with van der Waals surface area (Å²) in [7, 11) is 0.275.